The molecule has 1 atom stereocenters. The first-order valence-electron chi connectivity index (χ1n) is 9.50. The van der Waals surface area contributed by atoms with Crippen LogP contribution in [0.2, 0.25) is 0 Å². The van der Waals surface area contributed by atoms with E-state index in [1.165, 1.54) is 11.3 Å². The molecule has 1 aliphatic heterocycles. The SMILES string of the molecule is CCc1nc2sc([C@H](c3ccc(Br)cc3)N3CCN(CCO)CC3)c(O)n2n1. The molecule has 2 aromatic heterocycles. The first kappa shape index (κ1) is 19.8. The molecule has 150 valence electrons. The van der Waals surface area contributed by atoms with Crippen LogP contribution in [0.25, 0.3) is 4.96 Å². The molecule has 4 rings (SSSR count). The summed E-state index contributed by atoms with van der Waals surface area (Å²) in [5.74, 6) is 0.920. The molecule has 1 saturated heterocycles. The van der Waals surface area contributed by atoms with Gasteiger partial charge in [0.1, 0.15) is 0 Å². The van der Waals surface area contributed by atoms with Gasteiger partial charge in [0.05, 0.1) is 17.5 Å². The number of aliphatic hydroxyl groups is 1. The van der Waals surface area contributed by atoms with E-state index in [2.05, 4.69) is 47.9 Å². The van der Waals surface area contributed by atoms with Crippen molar-refractivity contribution in [3.8, 4) is 5.88 Å². The van der Waals surface area contributed by atoms with Crippen molar-refractivity contribution in [3.63, 3.8) is 0 Å². The van der Waals surface area contributed by atoms with Gasteiger partial charge in [-0.25, -0.2) is 4.98 Å². The topological polar surface area (TPSA) is 77.1 Å². The summed E-state index contributed by atoms with van der Waals surface area (Å²) in [7, 11) is 0. The number of aryl methyl sites for hydroxylation is 1. The number of rotatable bonds is 6. The highest BCUT2D eigenvalue weighted by Gasteiger charge is 2.31. The Morgan fingerprint density at radius 3 is 2.50 bits per heavy atom. The van der Waals surface area contributed by atoms with E-state index in [0.29, 0.717) is 6.54 Å². The molecule has 2 N–H and O–H groups in total. The van der Waals surface area contributed by atoms with Crippen molar-refractivity contribution < 1.29 is 10.2 Å². The third kappa shape index (κ3) is 3.81. The fourth-order valence-electron chi connectivity index (χ4n) is 3.68. The zero-order valence-electron chi connectivity index (χ0n) is 15.8. The summed E-state index contributed by atoms with van der Waals surface area (Å²) < 4.78 is 2.59. The second-order valence-corrected chi connectivity index (χ2v) is 8.85. The minimum atomic E-state index is -0.0528. The molecular formula is C19H24BrN5O2S. The van der Waals surface area contributed by atoms with E-state index >= 15 is 0 Å². The number of aliphatic hydroxyl groups excluding tert-OH is 1. The minimum absolute atomic E-state index is 0.0528. The average Bonchev–Trinajstić information content (AvgIpc) is 3.24. The highest BCUT2D eigenvalue weighted by Crippen LogP contribution is 2.40. The number of halogens is 1. The molecule has 0 spiro atoms. The standard InChI is InChI=1S/C19H24BrN5O2S/c1-2-15-21-19-25(22-15)18(27)17(28-19)16(13-3-5-14(20)6-4-13)24-9-7-23(8-10-24)11-12-26/h3-6,16,26-27H,2,7-12H2,1H3/t16-/m0/s1. The zero-order chi connectivity index (χ0) is 19.7. The van der Waals surface area contributed by atoms with Crippen LogP contribution in [-0.2, 0) is 6.42 Å². The predicted molar refractivity (Wildman–Crippen MR) is 113 cm³/mol. The van der Waals surface area contributed by atoms with Crippen molar-refractivity contribution in [2.75, 3.05) is 39.3 Å². The lowest BCUT2D eigenvalue weighted by atomic mass is 10.0. The van der Waals surface area contributed by atoms with Gasteiger partial charge in [0.2, 0.25) is 10.8 Å². The molecule has 0 bridgehead atoms. The molecule has 3 heterocycles. The van der Waals surface area contributed by atoms with Crippen LogP contribution >= 0.6 is 27.3 Å². The van der Waals surface area contributed by atoms with E-state index in [1.54, 1.807) is 4.52 Å². The number of piperazine rings is 1. The number of benzene rings is 1. The molecular weight excluding hydrogens is 442 g/mol. The van der Waals surface area contributed by atoms with Gasteiger partial charge in [0.25, 0.3) is 0 Å². The molecule has 0 amide bonds. The monoisotopic (exact) mass is 465 g/mol. The second-order valence-electron chi connectivity index (χ2n) is 6.92. The van der Waals surface area contributed by atoms with E-state index in [-0.39, 0.29) is 18.5 Å². The molecule has 1 aromatic carbocycles. The van der Waals surface area contributed by atoms with Crippen LogP contribution in [0, 0.1) is 0 Å². The highest BCUT2D eigenvalue weighted by molar-refractivity contribution is 9.10. The Kier molecular flexibility index (Phi) is 5.98. The Morgan fingerprint density at radius 2 is 1.89 bits per heavy atom. The van der Waals surface area contributed by atoms with E-state index in [4.69, 9.17) is 0 Å². The number of aromatic hydroxyl groups is 1. The van der Waals surface area contributed by atoms with Gasteiger partial charge in [-0.05, 0) is 17.7 Å². The summed E-state index contributed by atoms with van der Waals surface area (Å²) in [6, 6.07) is 8.22. The highest BCUT2D eigenvalue weighted by atomic mass is 79.9. The molecule has 3 aromatic rings. The van der Waals surface area contributed by atoms with Crippen LogP contribution in [0.15, 0.2) is 28.7 Å². The van der Waals surface area contributed by atoms with Crippen molar-refractivity contribution in [2.24, 2.45) is 0 Å². The molecule has 1 aliphatic rings. The largest absolute Gasteiger partial charge is 0.492 e. The summed E-state index contributed by atoms with van der Waals surface area (Å²) in [6.07, 6.45) is 0.742. The molecule has 9 heteroatoms. The summed E-state index contributed by atoms with van der Waals surface area (Å²) >= 11 is 5.01. The normalized spacial score (nSPS) is 17.4. The number of fused-ring (bicyclic) bond motifs is 1. The third-order valence-corrected chi connectivity index (χ3v) is 6.78. The lowest BCUT2D eigenvalue weighted by molar-refractivity contribution is 0.0945. The number of β-amino-alcohol motifs (C(OH)–C–C–N with tert-alkyl or cyclic N) is 1. The molecule has 1 fully saturated rings. The Hall–Kier alpha value is -1.52. The minimum Gasteiger partial charge on any atom is -0.492 e. The number of hydrogen-bond acceptors (Lipinski definition) is 7. The third-order valence-electron chi connectivity index (χ3n) is 5.18. The number of hydrogen-bond donors (Lipinski definition) is 2. The van der Waals surface area contributed by atoms with Crippen molar-refractivity contribution in [1.82, 2.24) is 24.4 Å². The van der Waals surface area contributed by atoms with Gasteiger partial charge >= 0.3 is 0 Å². The van der Waals surface area contributed by atoms with E-state index in [9.17, 15) is 10.2 Å². The average molecular weight is 466 g/mol. The van der Waals surface area contributed by atoms with Crippen LogP contribution in [0.4, 0.5) is 0 Å². The fourth-order valence-corrected chi connectivity index (χ4v) is 5.08. The lowest BCUT2D eigenvalue weighted by Crippen LogP contribution is -2.48. The van der Waals surface area contributed by atoms with Gasteiger partial charge in [-0.2, -0.15) is 4.52 Å². The van der Waals surface area contributed by atoms with Crippen LogP contribution in [0.3, 0.4) is 0 Å². The molecule has 0 unspecified atom stereocenters. The maximum Gasteiger partial charge on any atom is 0.230 e. The van der Waals surface area contributed by atoms with E-state index in [1.807, 2.05) is 19.1 Å². The van der Waals surface area contributed by atoms with Gasteiger partial charge in [-0.3, -0.25) is 9.80 Å². The van der Waals surface area contributed by atoms with Gasteiger partial charge < -0.3 is 10.2 Å². The molecule has 0 saturated carbocycles. The Morgan fingerprint density at radius 1 is 1.18 bits per heavy atom. The molecule has 0 aliphatic carbocycles. The molecule has 28 heavy (non-hydrogen) atoms. The first-order valence-corrected chi connectivity index (χ1v) is 11.1. The zero-order valence-corrected chi connectivity index (χ0v) is 18.2. The van der Waals surface area contributed by atoms with Crippen molar-refractivity contribution in [2.45, 2.75) is 19.4 Å². The quantitative estimate of drug-likeness (QED) is 0.582. The summed E-state index contributed by atoms with van der Waals surface area (Å²) in [6.45, 7) is 6.43. The molecule has 7 nitrogen and oxygen atoms in total. The first-order chi connectivity index (χ1) is 13.6. The van der Waals surface area contributed by atoms with Crippen LogP contribution in [-0.4, -0.2) is 73.9 Å². The fraction of sp³-hybridized carbons (Fsp3) is 0.474. The summed E-state index contributed by atoms with van der Waals surface area (Å²) in [5.41, 5.74) is 1.13. The Bertz CT molecular complexity index is 934. The van der Waals surface area contributed by atoms with E-state index in [0.717, 1.165) is 58.3 Å². The van der Waals surface area contributed by atoms with Gasteiger partial charge in [0, 0.05) is 43.6 Å². The van der Waals surface area contributed by atoms with E-state index < -0.39 is 0 Å². The van der Waals surface area contributed by atoms with Crippen molar-refractivity contribution >= 4 is 32.2 Å². The molecule has 0 radical (unpaired) electrons. The number of nitrogens with zero attached hydrogens (tertiary/aromatic N) is 5. The van der Waals surface area contributed by atoms with Crippen molar-refractivity contribution in [1.29, 1.82) is 0 Å². The maximum absolute atomic E-state index is 10.9. The van der Waals surface area contributed by atoms with Gasteiger partial charge in [-0.15, -0.1) is 5.10 Å². The maximum atomic E-state index is 10.9. The van der Waals surface area contributed by atoms with Gasteiger partial charge in [-0.1, -0.05) is 46.3 Å². The van der Waals surface area contributed by atoms with Crippen LogP contribution < -0.4 is 0 Å². The van der Waals surface area contributed by atoms with Crippen molar-refractivity contribution in [3.05, 3.63) is 45.0 Å². The Labute approximate surface area is 176 Å². The number of thiazole rings is 1. The lowest BCUT2D eigenvalue weighted by Gasteiger charge is -2.39. The summed E-state index contributed by atoms with van der Waals surface area (Å²) in [4.78, 5) is 10.8. The van der Waals surface area contributed by atoms with Crippen LogP contribution in [0.5, 0.6) is 5.88 Å². The van der Waals surface area contributed by atoms with Crippen LogP contribution in [0.1, 0.15) is 29.2 Å². The summed E-state index contributed by atoms with van der Waals surface area (Å²) in [5, 5.41) is 24.6. The predicted octanol–water partition coefficient (Wildman–Crippen LogP) is 2.52. The van der Waals surface area contributed by atoms with Gasteiger partial charge in [0.15, 0.2) is 5.82 Å². The Balaban J connectivity index is 1.70. The second kappa shape index (κ2) is 8.46. The smallest absolute Gasteiger partial charge is 0.230 e. The number of aromatic nitrogens is 3.